The molecular weight excluding hydrogens is 450 g/mol. The van der Waals surface area contributed by atoms with E-state index in [4.69, 9.17) is 0 Å². The molecule has 5 aromatic carbocycles. The van der Waals surface area contributed by atoms with E-state index in [0.29, 0.717) is 11.0 Å². The first kappa shape index (κ1) is 21.4. The molecule has 0 aliphatic heterocycles. The third-order valence-electron chi connectivity index (χ3n) is 6.50. The summed E-state index contributed by atoms with van der Waals surface area (Å²) in [6.45, 7) is 1.95. The summed E-state index contributed by atoms with van der Waals surface area (Å²) < 4.78 is 29.5. The minimum absolute atomic E-state index is 0.277. The molecule has 0 aliphatic carbocycles. The molecule has 6 aromatic rings. The van der Waals surface area contributed by atoms with Crippen molar-refractivity contribution in [3.05, 3.63) is 127 Å². The summed E-state index contributed by atoms with van der Waals surface area (Å²) in [7, 11) is -3.83. The summed E-state index contributed by atoms with van der Waals surface area (Å²) in [5, 5.41) is 1.82. The number of fused-ring (bicyclic) bond motifs is 3. The van der Waals surface area contributed by atoms with E-state index in [9.17, 15) is 8.42 Å². The second kappa shape index (κ2) is 8.26. The lowest BCUT2D eigenvalue weighted by Crippen LogP contribution is -2.12. The number of hydrogen-bond acceptors (Lipinski definition) is 2. The van der Waals surface area contributed by atoms with Crippen LogP contribution < -0.4 is 0 Å². The highest BCUT2D eigenvalue weighted by Crippen LogP contribution is 2.40. The fraction of sp³-hybridized carbons (Fsp3) is 0.0323. The molecule has 0 radical (unpaired) electrons. The summed E-state index contributed by atoms with van der Waals surface area (Å²) in [6, 6.07) is 39.3. The first-order valence-corrected chi connectivity index (χ1v) is 13.0. The van der Waals surface area contributed by atoms with E-state index in [1.54, 1.807) is 12.1 Å². The maximum Gasteiger partial charge on any atom is 0.268 e. The summed E-state index contributed by atoms with van der Waals surface area (Å²) in [6.07, 6.45) is 0. The molecule has 0 unspecified atom stereocenters. The Kier molecular flexibility index (Phi) is 5.05. The Morgan fingerprint density at radius 3 is 1.71 bits per heavy atom. The van der Waals surface area contributed by atoms with Gasteiger partial charge < -0.3 is 0 Å². The number of rotatable bonds is 4. The van der Waals surface area contributed by atoms with Crippen LogP contribution in [0, 0.1) is 6.92 Å². The first-order valence-electron chi connectivity index (χ1n) is 11.5. The standard InChI is InChI=1S/C31H23NO2S/c1-22-16-18-25(19-17-22)35(33,34)32-30-15-9-8-14-26(30)29-20-27(23-10-4-2-5-11-23)28(21-31(29)32)24-12-6-3-7-13-24/h2-21H,1H3. The van der Waals surface area contributed by atoms with Gasteiger partial charge in [0, 0.05) is 10.8 Å². The number of aryl methyl sites for hydroxylation is 1. The van der Waals surface area contributed by atoms with Gasteiger partial charge in [-0.3, -0.25) is 0 Å². The Morgan fingerprint density at radius 2 is 1.09 bits per heavy atom. The van der Waals surface area contributed by atoms with Crippen molar-refractivity contribution in [1.82, 2.24) is 3.97 Å². The van der Waals surface area contributed by atoms with Crippen molar-refractivity contribution in [3.63, 3.8) is 0 Å². The SMILES string of the molecule is Cc1ccc(S(=O)(=O)n2c3ccccc3c3cc(-c4ccccc4)c(-c4ccccc4)cc32)cc1. The van der Waals surface area contributed by atoms with Gasteiger partial charge in [-0.05, 0) is 59.5 Å². The van der Waals surface area contributed by atoms with Crippen LogP contribution in [0.4, 0.5) is 0 Å². The molecule has 0 aliphatic rings. The lowest BCUT2D eigenvalue weighted by molar-refractivity contribution is 0.590. The second-order valence-corrected chi connectivity index (χ2v) is 10.5. The Hall–Kier alpha value is -4.15. The van der Waals surface area contributed by atoms with Gasteiger partial charge in [-0.1, -0.05) is 96.6 Å². The Bertz CT molecular complexity index is 1780. The third kappa shape index (κ3) is 3.54. The van der Waals surface area contributed by atoms with E-state index in [2.05, 4.69) is 30.3 Å². The largest absolute Gasteiger partial charge is 0.268 e. The van der Waals surface area contributed by atoms with Crippen molar-refractivity contribution < 1.29 is 8.42 Å². The maximum absolute atomic E-state index is 14.0. The third-order valence-corrected chi connectivity index (χ3v) is 8.24. The molecular formula is C31H23NO2S. The zero-order chi connectivity index (χ0) is 24.0. The van der Waals surface area contributed by atoms with Gasteiger partial charge in [0.2, 0.25) is 0 Å². The van der Waals surface area contributed by atoms with Gasteiger partial charge >= 0.3 is 0 Å². The minimum atomic E-state index is -3.83. The van der Waals surface area contributed by atoms with E-state index >= 15 is 0 Å². The van der Waals surface area contributed by atoms with Crippen molar-refractivity contribution in [1.29, 1.82) is 0 Å². The number of hydrogen-bond donors (Lipinski definition) is 0. The van der Waals surface area contributed by atoms with Gasteiger partial charge in [-0.15, -0.1) is 0 Å². The van der Waals surface area contributed by atoms with Crippen molar-refractivity contribution >= 4 is 31.8 Å². The van der Waals surface area contributed by atoms with Gasteiger partial charge in [0.25, 0.3) is 10.0 Å². The maximum atomic E-state index is 14.0. The van der Waals surface area contributed by atoms with Crippen LogP contribution in [0.25, 0.3) is 44.1 Å². The van der Waals surface area contributed by atoms with Crippen LogP contribution in [0.15, 0.2) is 126 Å². The fourth-order valence-electron chi connectivity index (χ4n) is 4.77. The normalized spacial score (nSPS) is 11.8. The molecule has 0 saturated carbocycles. The number of aromatic nitrogens is 1. The van der Waals surface area contributed by atoms with Crippen LogP contribution in [0.5, 0.6) is 0 Å². The molecule has 0 saturated heterocycles. The molecule has 0 fully saturated rings. The summed E-state index contributed by atoms with van der Waals surface area (Å²) >= 11 is 0. The van der Waals surface area contributed by atoms with Gasteiger partial charge in [0.1, 0.15) is 0 Å². The molecule has 35 heavy (non-hydrogen) atoms. The average Bonchev–Trinajstić information content (AvgIpc) is 3.23. The predicted octanol–water partition coefficient (Wildman–Crippen LogP) is 7.67. The summed E-state index contributed by atoms with van der Waals surface area (Å²) in [5.74, 6) is 0. The molecule has 6 rings (SSSR count). The van der Waals surface area contributed by atoms with Crippen LogP contribution in [-0.4, -0.2) is 12.4 Å². The quantitative estimate of drug-likeness (QED) is 0.263. The van der Waals surface area contributed by atoms with E-state index in [0.717, 1.165) is 38.6 Å². The smallest absolute Gasteiger partial charge is 0.233 e. The molecule has 0 bridgehead atoms. The van der Waals surface area contributed by atoms with Gasteiger partial charge in [0.15, 0.2) is 0 Å². The van der Waals surface area contributed by atoms with Crippen molar-refractivity contribution in [2.75, 3.05) is 0 Å². The van der Waals surface area contributed by atoms with Crippen molar-refractivity contribution in [3.8, 4) is 22.3 Å². The van der Waals surface area contributed by atoms with E-state index in [1.807, 2.05) is 85.8 Å². The molecule has 0 N–H and O–H groups in total. The highest BCUT2D eigenvalue weighted by molar-refractivity contribution is 7.90. The molecule has 4 heteroatoms. The molecule has 170 valence electrons. The molecule has 1 aromatic heterocycles. The van der Waals surface area contributed by atoms with Gasteiger partial charge in [-0.25, -0.2) is 12.4 Å². The number of benzene rings is 5. The lowest BCUT2D eigenvalue weighted by atomic mass is 9.93. The Labute approximate surface area is 205 Å². The van der Waals surface area contributed by atoms with Crippen LogP contribution >= 0.6 is 0 Å². The zero-order valence-electron chi connectivity index (χ0n) is 19.2. The molecule has 1 heterocycles. The van der Waals surface area contributed by atoms with Gasteiger partial charge in [0.05, 0.1) is 15.9 Å². The highest BCUT2D eigenvalue weighted by Gasteiger charge is 2.24. The van der Waals surface area contributed by atoms with Crippen LogP contribution in [0.1, 0.15) is 5.56 Å². The summed E-state index contributed by atoms with van der Waals surface area (Å²) in [4.78, 5) is 0.277. The Balaban J connectivity index is 1.75. The lowest BCUT2D eigenvalue weighted by Gasteiger charge is -2.14. The molecule has 0 atom stereocenters. The zero-order valence-corrected chi connectivity index (χ0v) is 20.0. The predicted molar refractivity (Wildman–Crippen MR) is 144 cm³/mol. The van der Waals surface area contributed by atoms with Crippen molar-refractivity contribution in [2.24, 2.45) is 0 Å². The van der Waals surface area contributed by atoms with E-state index in [-0.39, 0.29) is 4.90 Å². The fourth-order valence-corrected chi connectivity index (χ4v) is 6.29. The molecule has 0 spiro atoms. The molecule has 3 nitrogen and oxygen atoms in total. The summed E-state index contributed by atoms with van der Waals surface area (Å²) in [5.41, 5.74) is 6.55. The van der Waals surface area contributed by atoms with Crippen molar-refractivity contribution in [2.45, 2.75) is 11.8 Å². The number of para-hydroxylation sites is 1. The molecule has 0 amide bonds. The van der Waals surface area contributed by atoms with Gasteiger partial charge in [-0.2, -0.15) is 0 Å². The Morgan fingerprint density at radius 1 is 0.543 bits per heavy atom. The number of nitrogens with zero attached hydrogens (tertiary/aromatic N) is 1. The van der Waals surface area contributed by atoms with Crippen LogP contribution in [0.3, 0.4) is 0 Å². The van der Waals surface area contributed by atoms with E-state index in [1.165, 1.54) is 3.97 Å². The van der Waals surface area contributed by atoms with Crippen LogP contribution in [0.2, 0.25) is 0 Å². The monoisotopic (exact) mass is 473 g/mol. The highest BCUT2D eigenvalue weighted by atomic mass is 32.2. The minimum Gasteiger partial charge on any atom is -0.233 e. The second-order valence-electron chi connectivity index (χ2n) is 8.75. The van der Waals surface area contributed by atoms with E-state index < -0.39 is 10.0 Å². The first-order chi connectivity index (χ1) is 17.0. The average molecular weight is 474 g/mol. The van der Waals surface area contributed by atoms with Crippen LogP contribution in [-0.2, 0) is 10.0 Å². The topological polar surface area (TPSA) is 39.1 Å².